The quantitative estimate of drug-likeness (QED) is 0.775. The zero-order chi connectivity index (χ0) is 16.7. The summed E-state index contributed by atoms with van der Waals surface area (Å²) in [5, 5.41) is 5.84. The van der Waals surface area contributed by atoms with Gasteiger partial charge in [0.1, 0.15) is 5.75 Å². The number of carbonyl (C=O) groups is 2. The minimum atomic E-state index is -0.237. The monoisotopic (exact) mass is 318 g/mol. The van der Waals surface area contributed by atoms with Crippen LogP contribution in [-0.4, -0.2) is 24.5 Å². The number of nitrogens with one attached hydrogen (secondary N) is 2. The van der Waals surface area contributed by atoms with Gasteiger partial charge < -0.3 is 15.4 Å². The Morgan fingerprint density at radius 2 is 1.96 bits per heavy atom. The van der Waals surface area contributed by atoms with Crippen LogP contribution in [0.5, 0.6) is 5.75 Å². The van der Waals surface area contributed by atoms with E-state index < -0.39 is 0 Å². The van der Waals surface area contributed by atoms with Crippen LogP contribution in [0.25, 0.3) is 0 Å². The van der Waals surface area contributed by atoms with Gasteiger partial charge in [-0.2, -0.15) is 0 Å². The summed E-state index contributed by atoms with van der Waals surface area (Å²) in [7, 11) is 0. The lowest BCUT2D eigenvalue weighted by Crippen LogP contribution is -2.39. The van der Waals surface area contributed by atoms with Crippen LogP contribution >= 0.6 is 0 Å². The van der Waals surface area contributed by atoms with E-state index in [1.165, 1.54) is 13.3 Å². The third-order valence-electron chi connectivity index (χ3n) is 4.04. The van der Waals surface area contributed by atoms with Gasteiger partial charge in [-0.1, -0.05) is 26.2 Å². The highest BCUT2D eigenvalue weighted by Gasteiger charge is 2.17. The molecular weight excluding hydrogens is 292 g/mol. The summed E-state index contributed by atoms with van der Waals surface area (Å²) in [6, 6.07) is 5.13. The fourth-order valence-corrected chi connectivity index (χ4v) is 2.78. The standard InChI is InChI=1S/C18H26N2O3/c1-3-11-23-17-10-9-14(13(2)21)12-16(17)20-18(22)19-15-7-5-4-6-8-15/h9-10,12,15H,3-8,11H2,1-2H3,(H2,19,20,22). The Hall–Kier alpha value is -2.04. The molecule has 0 saturated heterocycles. The molecule has 1 aromatic carbocycles. The van der Waals surface area contributed by atoms with Gasteiger partial charge in [0.05, 0.1) is 12.3 Å². The van der Waals surface area contributed by atoms with E-state index in [1.807, 2.05) is 6.92 Å². The number of ether oxygens (including phenoxy) is 1. The van der Waals surface area contributed by atoms with Crippen molar-refractivity contribution in [2.24, 2.45) is 0 Å². The van der Waals surface area contributed by atoms with Gasteiger partial charge in [0.25, 0.3) is 0 Å². The highest BCUT2D eigenvalue weighted by molar-refractivity contribution is 5.98. The lowest BCUT2D eigenvalue weighted by Gasteiger charge is -2.23. The number of hydrogen-bond donors (Lipinski definition) is 2. The van der Waals surface area contributed by atoms with Gasteiger partial charge in [-0.15, -0.1) is 0 Å². The summed E-state index contributed by atoms with van der Waals surface area (Å²) in [4.78, 5) is 23.8. The van der Waals surface area contributed by atoms with Crippen LogP contribution in [0.1, 0.15) is 62.7 Å². The second-order valence-electron chi connectivity index (χ2n) is 6.05. The van der Waals surface area contributed by atoms with Gasteiger partial charge in [0.15, 0.2) is 5.78 Å². The first-order chi connectivity index (χ1) is 11.1. The number of Topliss-reactive ketones (excluding diaryl/α,β-unsaturated/α-hetero) is 1. The van der Waals surface area contributed by atoms with Gasteiger partial charge in [-0.25, -0.2) is 4.79 Å². The van der Waals surface area contributed by atoms with E-state index >= 15 is 0 Å². The van der Waals surface area contributed by atoms with Crippen molar-refractivity contribution in [2.45, 2.75) is 58.4 Å². The molecule has 0 aliphatic heterocycles. The van der Waals surface area contributed by atoms with Crippen LogP contribution in [0.3, 0.4) is 0 Å². The number of rotatable bonds is 6. The molecule has 5 heteroatoms. The molecule has 2 rings (SSSR count). The molecule has 1 aliphatic carbocycles. The van der Waals surface area contributed by atoms with Crippen molar-refractivity contribution in [3.63, 3.8) is 0 Å². The fraction of sp³-hybridized carbons (Fsp3) is 0.556. The summed E-state index contributed by atoms with van der Waals surface area (Å²) in [6.45, 7) is 4.10. The van der Waals surface area contributed by atoms with Crippen LogP contribution < -0.4 is 15.4 Å². The Morgan fingerprint density at radius 3 is 2.61 bits per heavy atom. The highest BCUT2D eigenvalue weighted by atomic mass is 16.5. The summed E-state index contributed by atoms with van der Waals surface area (Å²) >= 11 is 0. The summed E-state index contributed by atoms with van der Waals surface area (Å²) in [5.74, 6) is 0.554. The third-order valence-corrected chi connectivity index (χ3v) is 4.04. The van der Waals surface area contributed by atoms with Crippen molar-refractivity contribution >= 4 is 17.5 Å². The van der Waals surface area contributed by atoms with Gasteiger partial charge in [-0.3, -0.25) is 4.79 Å². The van der Waals surface area contributed by atoms with Crippen molar-refractivity contribution in [3.05, 3.63) is 23.8 Å². The molecule has 1 aromatic rings. The van der Waals surface area contributed by atoms with E-state index in [2.05, 4.69) is 10.6 Å². The molecule has 0 heterocycles. The van der Waals surface area contributed by atoms with Crippen molar-refractivity contribution in [1.82, 2.24) is 5.32 Å². The molecular formula is C18H26N2O3. The Labute approximate surface area is 137 Å². The second-order valence-corrected chi connectivity index (χ2v) is 6.05. The molecule has 0 unspecified atom stereocenters. The molecule has 1 aliphatic rings. The maximum Gasteiger partial charge on any atom is 0.319 e. The lowest BCUT2D eigenvalue weighted by molar-refractivity contribution is 0.101. The minimum Gasteiger partial charge on any atom is -0.491 e. The minimum absolute atomic E-state index is 0.0391. The molecule has 1 saturated carbocycles. The number of amides is 2. The number of urea groups is 1. The van der Waals surface area contributed by atoms with E-state index in [4.69, 9.17) is 4.74 Å². The predicted molar refractivity (Wildman–Crippen MR) is 91.3 cm³/mol. The highest BCUT2D eigenvalue weighted by Crippen LogP contribution is 2.26. The number of carbonyl (C=O) groups excluding carboxylic acids is 2. The van der Waals surface area contributed by atoms with Gasteiger partial charge >= 0.3 is 6.03 Å². The first-order valence-corrected chi connectivity index (χ1v) is 8.45. The van der Waals surface area contributed by atoms with E-state index in [9.17, 15) is 9.59 Å². The Kier molecular flexibility index (Phi) is 6.44. The third kappa shape index (κ3) is 5.27. The SMILES string of the molecule is CCCOc1ccc(C(C)=O)cc1NC(=O)NC1CCCCC1. The molecule has 2 N–H and O–H groups in total. The first kappa shape index (κ1) is 17.3. The van der Waals surface area contributed by atoms with Gasteiger partial charge in [-0.05, 0) is 44.4 Å². The number of ketones is 1. The number of hydrogen-bond acceptors (Lipinski definition) is 3. The second kappa shape index (κ2) is 8.56. The number of benzene rings is 1. The lowest BCUT2D eigenvalue weighted by atomic mass is 9.96. The predicted octanol–water partition coefficient (Wildman–Crippen LogP) is 4.13. The average molecular weight is 318 g/mol. The molecule has 23 heavy (non-hydrogen) atoms. The largest absolute Gasteiger partial charge is 0.491 e. The summed E-state index contributed by atoms with van der Waals surface area (Å²) < 4.78 is 5.66. The molecule has 0 spiro atoms. The summed E-state index contributed by atoms with van der Waals surface area (Å²) in [6.07, 6.45) is 6.50. The van der Waals surface area contributed by atoms with Crippen molar-refractivity contribution < 1.29 is 14.3 Å². The fourth-order valence-electron chi connectivity index (χ4n) is 2.78. The van der Waals surface area contributed by atoms with Crippen LogP contribution in [0.2, 0.25) is 0 Å². The maximum absolute atomic E-state index is 12.2. The number of anilines is 1. The maximum atomic E-state index is 12.2. The van der Waals surface area contributed by atoms with E-state index in [0.717, 1.165) is 32.1 Å². The molecule has 126 valence electrons. The van der Waals surface area contributed by atoms with Crippen LogP contribution in [-0.2, 0) is 0 Å². The molecule has 0 radical (unpaired) electrons. The van der Waals surface area contributed by atoms with Crippen molar-refractivity contribution in [3.8, 4) is 5.75 Å². The zero-order valence-electron chi connectivity index (χ0n) is 14.0. The Bertz CT molecular complexity index is 551. The van der Waals surface area contributed by atoms with Crippen molar-refractivity contribution in [2.75, 3.05) is 11.9 Å². The molecule has 2 amide bonds. The van der Waals surface area contributed by atoms with Crippen LogP contribution in [0.15, 0.2) is 18.2 Å². The van der Waals surface area contributed by atoms with Crippen molar-refractivity contribution in [1.29, 1.82) is 0 Å². The van der Waals surface area contributed by atoms with Crippen LogP contribution in [0.4, 0.5) is 10.5 Å². The zero-order valence-corrected chi connectivity index (χ0v) is 14.0. The average Bonchev–Trinajstić information content (AvgIpc) is 2.54. The first-order valence-electron chi connectivity index (χ1n) is 8.45. The van der Waals surface area contributed by atoms with Crippen LogP contribution in [0, 0.1) is 0 Å². The summed E-state index contributed by atoms with van der Waals surface area (Å²) in [5.41, 5.74) is 1.10. The normalized spacial score (nSPS) is 15.0. The molecule has 0 bridgehead atoms. The Morgan fingerprint density at radius 1 is 1.22 bits per heavy atom. The smallest absolute Gasteiger partial charge is 0.319 e. The molecule has 0 atom stereocenters. The molecule has 5 nitrogen and oxygen atoms in total. The Balaban J connectivity index is 2.06. The van der Waals surface area contributed by atoms with E-state index in [1.54, 1.807) is 18.2 Å². The molecule has 1 fully saturated rings. The molecule has 0 aromatic heterocycles. The van der Waals surface area contributed by atoms with E-state index in [0.29, 0.717) is 23.6 Å². The van der Waals surface area contributed by atoms with Gasteiger partial charge in [0, 0.05) is 11.6 Å². The van der Waals surface area contributed by atoms with E-state index in [-0.39, 0.29) is 17.9 Å². The topological polar surface area (TPSA) is 67.4 Å². The van der Waals surface area contributed by atoms with Gasteiger partial charge in [0.2, 0.25) is 0 Å².